The van der Waals surface area contributed by atoms with Crippen molar-refractivity contribution in [1.29, 1.82) is 0 Å². The summed E-state index contributed by atoms with van der Waals surface area (Å²) in [5, 5.41) is 3.59. The lowest BCUT2D eigenvalue weighted by molar-refractivity contribution is -0.186. The van der Waals surface area contributed by atoms with Crippen molar-refractivity contribution in [2.24, 2.45) is 0 Å². The minimum Gasteiger partial charge on any atom is -0.466 e. The first kappa shape index (κ1) is 18.1. The van der Waals surface area contributed by atoms with Gasteiger partial charge in [-0.1, -0.05) is 23.7 Å². The number of hydrogen-bond acceptors (Lipinski definition) is 3. The highest BCUT2D eigenvalue weighted by molar-refractivity contribution is 6.32. The van der Waals surface area contributed by atoms with Crippen molar-refractivity contribution in [2.45, 2.75) is 39.0 Å². The molecule has 7 heteroatoms. The maximum absolute atomic E-state index is 12.0. The zero-order valence-electron chi connectivity index (χ0n) is 12.2. The monoisotopic (exact) mass is 325 g/mol. The highest BCUT2D eigenvalue weighted by atomic mass is 35.5. The number of hydrogen-bond donors (Lipinski definition) is 1. The normalized spacial score (nSPS) is 12.5. The van der Waals surface area contributed by atoms with Gasteiger partial charge in [0.2, 0.25) is 0 Å². The number of ether oxygens (including phenoxy) is 2. The van der Waals surface area contributed by atoms with Crippen LogP contribution < -0.4 is 10.1 Å². The van der Waals surface area contributed by atoms with E-state index in [1.54, 1.807) is 18.2 Å². The summed E-state index contributed by atoms with van der Waals surface area (Å²) < 4.78 is 45.6. The van der Waals surface area contributed by atoms with Crippen LogP contribution in [0.1, 0.15) is 26.3 Å². The topological polar surface area (TPSA) is 30.5 Å². The molecule has 1 N–H and O–H groups in total. The molecule has 0 radical (unpaired) electrons. The molecule has 0 saturated carbocycles. The molecule has 0 bridgehead atoms. The molecule has 0 atom stereocenters. The molecular formula is C14H19ClF3NO2. The molecule has 0 aliphatic rings. The minimum atomic E-state index is -4.37. The van der Waals surface area contributed by atoms with Crippen molar-refractivity contribution < 1.29 is 22.6 Å². The van der Waals surface area contributed by atoms with Crippen LogP contribution in [0.15, 0.2) is 18.2 Å². The zero-order chi connectivity index (χ0) is 16.1. The summed E-state index contributed by atoms with van der Waals surface area (Å²) in [7, 11) is 0. The van der Waals surface area contributed by atoms with Gasteiger partial charge in [-0.25, -0.2) is 0 Å². The highest BCUT2D eigenvalue weighted by Gasteiger charge is 2.27. The van der Waals surface area contributed by atoms with Gasteiger partial charge in [0.25, 0.3) is 0 Å². The number of benzene rings is 1. The standard InChI is InChI=1S/C14H19ClF3NO2/c1-13(2,3)19-7-10-5-4-6-11(15)12(10)21-9-20-8-14(16,17)18/h4-6,19H,7-9H2,1-3H3. The summed E-state index contributed by atoms with van der Waals surface area (Å²) in [5.41, 5.74) is 0.653. The molecule has 1 rings (SSSR count). The third kappa shape index (κ3) is 7.55. The maximum Gasteiger partial charge on any atom is 0.411 e. The van der Waals surface area contributed by atoms with Crippen molar-refractivity contribution >= 4 is 11.6 Å². The lowest BCUT2D eigenvalue weighted by Gasteiger charge is -2.22. The molecule has 0 aliphatic carbocycles. The fourth-order valence-electron chi connectivity index (χ4n) is 1.47. The Morgan fingerprint density at radius 2 is 1.86 bits per heavy atom. The number of nitrogens with one attached hydrogen (secondary N) is 1. The third-order valence-corrected chi connectivity index (χ3v) is 2.71. The fraction of sp³-hybridized carbons (Fsp3) is 0.571. The Hall–Kier alpha value is -0.980. The molecule has 0 fully saturated rings. The lowest BCUT2D eigenvalue weighted by atomic mass is 10.1. The summed E-state index contributed by atoms with van der Waals surface area (Å²) in [6.07, 6.45) is -4.37. The third-order valence-electron chi connectivity index (χ3n) is 2.41. The number of rotatable bonds is 6. The molecule has 1 aromatic carbocycles. The molecule has 1 aromatic rings. The van der Waals surface area contributed by atoms with Crippen molar-refractivity contribution in [3.63, 3.8) is 0 Å². The quantitative estimate of drug-likeness (QED) is 0.630. The fourth-order valence-corrected chi connectivity index (χ4v) is 1.72. The Morgan fingerprint density at radius 1 is 1.19 bits per heavy atom. The van der Waals surface area contributed by atoms with Gasteiger partial charge in [0.05, 0.1) is 5.02 Å². The minimum absolute atomic E-state index is 0.105. The summed E-state index contributed by atoms with van der Waals surface area (Å²) in [6.45, 7) is 4.64. The van der Waals surface area contributed by atoms with E-state index in [0.717, 1.165) is 5.56 Å². The van der Waals surface area contributed by atoms with E-state index >= 15 is 0 Å². The second-order valence-corrected chi connectivity index (χ2v) is 5.96. The lowest BCUT2D eigenvalue weighted by Crippen LogP contribution is -2.35. The molecule has 120 valence electrons. The van der Waals surface area contributed by atoms with Crippen LogP contribution >= 0.6 is 11.6 Å². The van der Waals surface area contributed by atoms with Crippen LogP contribution in [-0.4, -0.2) is 25.1 Å². The maximum atomic E-state index is 12.0. The Labute approximate surface area is 127 Å². The average molecular weight is 326 g/mol. The van der Waals surface area contributed by atoms with E-state index in [0.29, 0.717) is 17.3 Å². The van der Waals surface area contributed by atoms with Crippen LogP contribution in [0.2, 0.25) is 5.02 Å². The van der Waals surface area contributed by atoms with E-state index in [4.69, 9.17) is 16.3 Å². The second-order valence-electron chi connectivity index (χ2n) is 5.56. The predicted molar refractivity (Wildman–Crippen MR) is 75.5 cm³/mol. The largest absolute Gasteiger partial charge is 0.466 e. The van der Waals surface area contributed by atoms with Crippen LogP contribution in [-0.2, 0) is 11.3 Å². The van der Waals surface area contributed by atoms with Gasteiger partial charge in [0, 0.05) is 17.6 Å². The number of para-hydroxylation sites is 1. The average Bonchev–Trinajstić information content (AvgIpc) is 2.31. The number of halogens is 4. The van der Waals surface area contributed by atoms with Gasteiger partial charge in [-0.15, -0.1) is 0 Å². The van der Waals surface area contributed by atoms with Crippen LogP contribution in [0, 0.1) is 0 Å². The molecule has 0 amide bonds. The van der Waals surface area contributed by atoms with E-state index in [1.165, 1.54) is 0 Å². The molecule has 3 nitrogen and oxygen atoms in total. The molecule has 0 heterocycles. The van der Waals surface area contributed by atoms with Gasteiger partial charge in [-0.2, -0.15) is 13.2 Å². The van der Waals surface area contributed by atoms with Crippen LogP contribution in [0.25, 0.3) is 0 Å². The first-order chi connectivity index (χ1) is 9.58. The summed E-state index contributed by atoms with van der Waals surface area (Å²) in [6, 6.07) is 5.16. The smallest absolute Gasteiger partial charge is 0.411 e. The Morgan fingerprint density at radius 3 is 2.43 bits per heavy atom. The second kappa shape index (κ2) is 7.33. The van der Waals surface area contributed by atoms with Gasteiger partial charge in [-0.05, 0) is 26.8 Å². The van der Waals surface area contributed by atoms with Gasteiger partial charge >= 0.3 is 6.18 Å². The van der Waals surface area contributed by atoms with E-state index < -0.39 is 19.6 Å². The van der Waals surface area contributed by atoms with E-state index in [-0.39, 0.29) is 5.54 Å². The van der Waals surface area contributed by atoms with Gasteiger partial charge in [0.15, 0.2) is 6.79 Å². The summed E-state index contributed by atoms with van der Waals surface area (Å²) in [4.78, 5) is 0. The van der Waals surface area contributed by atoms with Gasteiger partial charge < -0.3 is 14.8 Å². The van der Waals surface area contributed by atoms with Crippen molar-refractivity contribution in [3.8, 4) is 5.75 Å². The highest BCUT2D eigenvalue weighted by Crippen LogP contribution is 2.29. The van der Waals surface area contributed by atoms with Crippen LogP contribution in [0.4, 0.5) is 13.2 Å². The first-order valence-corrected chi connectivity index (χ1v) is 6.76. The Balaban J connectivity index is 2.63. The molecule has 21 heavy (non-hydrogen) atoms. The summed E-state index contributed by atoms with van der Waals surface area (Å²) in [5.74, 6) is 0.332. The van der Waals surface area contributed by atoms with E-state index in [9.17, 15) is 13.2 Å². The molecule has 0 aromatic heterocycles. The molecule has 0 aliphatic heterocycles. The molecule has 0 saturated heterocycles. The van der Waals surface area contributed by atoms with Crippen molar-refractivity contribution in [2.75, 3.05) is 13.4 Å². The van der Waals surface area contributed by atoms with Gasteiger partial charge in [0.1, 0.15) is 12.4 Å². The summed E-state index contributed by atoms with van der Waals surface area (Å²) >= 11 is 6.02. The van der Waals surface area contributed by atoms with Crippen LogP contribution in [0.5, 0.6) is 5.75 Å². The van der Waals surface area contributed by atoms with E-state index in [2.05, 4.69) is 10.1 Å². The van der Waals surface area contributed by atoms with Gasteiger partial charge in [-0.3, -0.25) is 0 Å². The molecule has 0 spiro atoms. The van der Waals surface area contributed by atoms with Crippen molar-refractivity contribution in [1.82, 2.24) is 5.32 Å². The number of alkyl halides is 3. The zero-order valence-corrected chi connectivity index (χ0v) is 12.9. The van der Waals surface area contributed by atoms with Crippen LogP contribution in [0.3, 0.4) is 0 Å². The van der Waals surface area contributed by atoms with Crippen molar-refractivity contribution in [3.05, 3.63) is 28.8 Å². The first-order valence-electron chi connectivity index (χ1n) is 6.38. The SMILES string of the molecule is CC(C)(C)NCc1cccc(Cl)c1OCOCC(F)(F)F. The molecule has 0 unspecified atom stereocenters. The Bertz CT molecular complexity index is 459. The van der Waals surface area contributed by atoms with E-state index in [1.807, 2.05) is 20.8 Å². The Kier molecular flexibility index (Phi) is 6.31. The predicted octanol–water partition coefficient (Wildman–Crippen LogP) is 4.14. The molecular weight excluding hydrogens is 307 g/mol.